The highest BCUT2D eigenvalue weighted by Gasteiger charge is 2.22. The summed E-state index contributed by atoms with van der Waals surface area (Å²) in [6, 6.07) is 65.6. The highest BCUT2D eigenvalue weighted by atomic mass is 16.3. The number of aromatic nitrogens is 5. The van der Waals surface area contributed by atoms with Gasteiger partial charge < -0.3 is 13.6 Å². The van der Waals surface area contributed by atoms with E-state index in [2.05, 4.69) is 137 Å². The van der Waals surface area contributed by atoms with Crippen LogP contribution in [-0.2, 0) is 0 Å². The van der Waals surface area contributed by atoms with Gasteiger partial charge in [0.15, 0.2) is 17.5 Å². The maximum absolute atomic E-state index is 6.50. The Balaban J connectivity index is 1.12. The molecule has 0 spiro atoms. The second-order valence-electron chi connectivity index (χ2n) is 14.4. The molecule has 0 aliphatic carbocycles. The molecule has 266 valence electrons. The van der Waals surface area contributed by atoms with Crippen molar-refractivity contribution in [2.75, 3.05) is 0 Å². The predicted octanol–water partition coefficient (Wildman–Crippen LogP) is 13.0. The zero-order valence-corrected chi connectivity index (χ0v) is 30.5. The summed E-state index contributed by atoms with van der Waals surface area (Å²) in [4.78, 5) is 15.6. The molecule has 4 aromatic heterocycles. The van der Waals surface area contributed by atoms with E-state index in [0.29, 0.717) is 17.5 Å². The summed E-state index contributed by atoms with van der Waals surface area (Å²) in [5.41, 5.74) is 10.8. The molecule has 8 aromatic carbocycles. The average Bonchev–Trinajstić information content (AvgIpc) is 3.94. The minimum Gasteiger partial charge on any atom is -0.455 e. The fourth-order valence-electron chi connectivity index (χ4n) is 8.67. The highest BCUT2D eigenvalue weighted by Crippen LogP contribution is 2.40. The summed E-state index contributed by atoms with van der Waals surface area (Å²) < 4.78 is 11.2. The molecule has 57 heavy (non-hydrogen) atoms. The van der Waals surface area contributed by atoms with Crippen LogP contribution in [0.4, 0.5) is 0 Å². The molecule has 6 nitrogen and oxygen atoms in total. The molecule has 0 aliphatic heterocycles. The van der Waals surface area contributed by atoms with E-state index in [9.17, 15) is 0 Å². The van der Waals surface area contributed by atoms with Gasteiger partial charge in [0.1, 0.15) is 11.2 Å². The van der Waals surface area contributed by atoms with Gasteiger partial charge in [-0.2, -0.15) is 0 Å². The van der Waals surface area contributed by atoms with E-state index in [1.807, 2.05) is 60.7 Å². The molecule has 12 aromatic rings. The van der Waals surface area contributed by atoms with E-state index < -0.39 is 0 Å². The molecule has 0 radical (unpaired) electrons. The third-order valence-corrected chi connectivity index (χ3v) is 11.2. The number of hydrogen-bond acceptors (Lipinski definition) is 4. The highest BCUT2D eigenvalue weighted by molar-refractivity contribution is 6.12. The maximum Gasteiger partial charge on any atom is 0.167 e. The van der Waals surface area contributed by atoms with Crippen molar-refractivity contribution in [1.82, 2.24) is 24.1 Å². The van der Waals surface area contributed by atoms with Crippen LogP contribution in [0.5, 0.6) is 0 Å². The summed E-state index contributed by atoms with van der Waals surface area (Å²) in [6.07, 6.45) is 0. The van der Waals surface area contributed by atoms with Gasteiger partial charge in [-0.25, -0.2) is 15.0 Å². The molecule has 0 unspecified atom stereocenters. The lowest BCUT2D eigenvalue weighted by molar-refractivity contribution is 0.669. The molecule has 0 bridgehead atoms. The summed E-state index contributed by atoms with van der Waals surface area (Å²) in [6.45, 7) is 0. The minimum absolute atomic E-state index is 0.550. The molecule has 12 rings (SSSR count). The molecule has 0 amide bonds. The van der Waals surface area contributed by atoms with E-state index in [1.165, 1.54) is 32.6 Å². The van der Waals surface area contributed by atoms with Crippen LogP contribution in [0, 0.1) is 0 Å². The lowest BCUT2D eigenvalue weighted by Gasteiger charge is -2.15. The number of para-hydroxylation sites is 6. The molecule has 0 saturated heterocycles. The van der Waals surface area contributed by atoms with E-state index in [1.54, 1.807) is 0 Å². The fraction of sp³-hybridized carbons (Fsp3) is 0. The predicted molar refractivity (Wildman–Crippen MR) is 232 cm³/mol. The Hall–Kier alpha value is -7.83. The summed E-state index contributed by atoms with van der Waals surface area (Å²) in [5, 5.41) is 6.89. The Labute approximate surface area is 326 Å². The molecule has 4 heterocycles. The smallest absolute Gasteiger partial charge is 0.167 e. The van der Waals surface area contributed by atoms with E-state index in [4.69, 9.17) is 19.4 Å². The normalized spacial score (nSPS) is 11.9. The van der Waals surface area contributed by atoms with Crippen LogP contribution in [0.2, 0.25) is 0 Å². The van der Waals surface area contributed by atoms with Crippen molar-refractivity contribution in [1.29, 1.82) is 0 Å². The van der Waals surface area contributed by atoms with Crippen LogP contribution in [0.15, 0.2) is 192 Å². The Morgan fingerprint density at radius 3 is 1.61 bits per heavy atom. The first-order valence-corrected chi connectivity index (χ1v) is 19.1. The van der Waals surface area contributed by atoms with Gasteiger partial charge in [0.25, 0.3) is 0 Å². The van der Waals surface area contributed by atoms with E-state index in [0.717, 1.165) is 61.0 Å². The fourth-order valence-corrected chi connectivity index (χ4v) is 8.67. The molecule has 0 atom stereocenters. The molecule has 0 fully saturated rings. The number of benzene rings is 8. The first-order valence-electron chi connectivity index (χ1n) is 19.1. The first-order chi connectivity index (χ1) is 28.3. The average molecular weight is 730 g/mol. The van der Waals surface area contributed by atoms with Crippen molar-refractivity contribution >= 4 is 65.6 Å². The molecular weight excluding hydrogens is 699 g/mol. The number of nitrogens with zero attached hydrogens (tertiary/aromatic N) is 5. The zero-order chi connectivity index (χ0) is 37.5. The Bertz CT molecular complexity index is 3490. The van der Waals surface area contributed by atoms with Crippen molar-refractivity contribution in [3.63, 3.8) is 0 Å². The summed E-state index contributed by atoms with van der Waals surface area (Å²) >= 11 is 0. The van der Waals surface area contributed by atoms with Gasteiger partial charge in [0, 0.05) is 49.1 Å². The van der Waals surface area contributed by atoms with Crippen molar-refractivity contribution in [2.45, 2.75) is 0 Å². The Morgan fingerprint density at radius 2 is 0.877 bits per heavy atom. The zero-order valence-electron chi connectivity index (χ0n) is 30.5. The maximum atomic E-state index is 6.50. The summed E-state index contributed by atoms with van der Waals surface area (Å²) in [5.74, 6) is 1.72. The van der Waals surface area contributed by atoms with E-state index >= 15 is 0 Å². The van der Waals surface area contributed by atoms with Crippen LogP contribution in [0.1, 0.15) is 0 Å². The van der Waals surface area contributed by atoms with Gasteiger partial charge in [-0.1, -0.05) is 133 Å². The Morgan fingerprint density at radius 1 is 0.351 bits per heavy atom. The van der Waals surface area contributed by atoms with Crippen LogP contribution >= 0.6 is 0 Å². The second-order valence-corrected chi connectivity index (χ2v) is 14.4. The van der Waals surface area contributed by atoms with Crippen molar-refractivity contribution in [2.24, 2.45) is 0 Å². The topological polar surface area (TPSA) is 61.7 Å². The van der Waals surface area contributed by atoms with Gasteiger partial charge >= 0.3 is 0 Å². The third kappa shape index (κ3) is 4.81. The van der Waals surface area contributed by atoms with Crippen LogP contribution in [0.3, 0.4) is 0 Å². The molecule has 0 aliphatic rings. The Kier molecular flexibility index (Phi) is 6.83. The lowest BCUT2D eigenvalue weighted by Crippen LogP contribution is -2.04. The van der Waals surface area contributed by atoms with Gasteiger partial charge in [-0.15, -0.1) is 0 Å². The van der Waals surface area contributed by atoms with Crippen molar-refractivity contribution in [3.05, 3.63) is 188 Å². The van der Waals surface area contributed by atoms with Crippen LogP contribution < -0.4 is 0 Å². The lowest BCUT2D eigenvalue weighted by atomic mass is 10.1. The molecule has 0 N–H and O–H groups in total. The number of fused-ring (bicyclic) bond motifs is 9. The third-order valence-electron chi connectivity index (χ3n) is 11.2. The molecule has 0 saturated carbocycles. The first kappa shape index (κ1) is 31.5. The SMILES string of the molecule is c1ccc(-c2nc(-c3ccccc3-n3c4ccccc4c4ccc(-n5c6ccccc6c6ccccc65)cc43)nc(-c3cccc4c3oc3ccccc34)n2)cc1. The quantitative estimate of drug-likeness (QED) is 0.177. The number of rotatable bonds is 5. The number of furan rings is 1. The van der Waals surface area contributed by atoms with Crippen LogP contribution in [-0.4, -0.2) is 24.1 Å². The van der Waals surface area contributed by atoms with Gasteiger partial charge in [0.2, 0.25) is 0 Å². The van der Waals surface area contributed by atoms with Gasteiger partial charge in [0.05, 0.1) is 33.3 Å². The minimum atomic E-state index is 0.550. The largest absolute Gasteiger partial charge is 0.455 e. The van der Waals surface area contributed by atoms with Gasteiger partial charge in [-0.05, 0) is 54.6 Å². The van der Waals surface area contributed by atoms with E-state index in [-0.39, 0.29) is 0 Å². The van der Waals surface area contributed by atoms with Crippen molar-refractivity contribution < 1.29 is 4.42 Å². The summed E-state index contributed by atoms with van der Waals surface area (Å²) in [7, 11) is 0. The number of hydrogen-bond donors (Lipinski definition) is 0. The van der Waals surface area contributed by atoms with Crippen molar-refractivity contribution in [3.8, 4) is 45.5 Å². The van der Waals surface area contributed by atoms with Crippen LogP contribution in [0.25, 0.3) is 111 Å². The van der Waals surface area contributed by atoms with Gasteiger partial charge in [-0.3, -0.25) is 0 Å². The standard InChI is InChI=1S/C51H31N5O/c1-2-15-32(16-3-1)49-52-50(54-51(53-49)41-23-14-22-39-38-20-8-13-28-47(38)57-48(39)41)40-21-7-12-27-45(40)56-44-26-11-6-19-36(44)37-30-29-33(31-46(37)56)55-42-24-9-4-17-34(42)35-18-5-10-25-43(35)55/h1-31H. The molecule has 6 heteroatoms. The molecular formula is C51H31N5O. The second kappa shape index (κ2) is 12.3. The monoisotopic (exact) mass is 729 g/mol.